The number of halogens is 1. The van der Waals surface area contributed by atoms with E-state index in [1.54, 1.807) is 4.90 Å². The molecule has 2 rings (SSSR count). The maximum Gasteiger partial charge on any atom is 0.230 e. The number of rotatable bonds is 5. The first-order valence-corrected chi connectivity index (χ1v) is 7.81. The zero-order valence-corrected chi connectivity index (χ0v) is 12.8. The SMILES string of the molecule is CN(C)c1nc(Cl)nc(NCCN2CCSCC2)n1. The van der Waals surface area contributed by atoms with Crippen molar-refractivity contribution in [3.63, 3.8) is 0 Å². The third-order valence-corrected chi connectivity index (χ3v) is 3.92. The van der Waals surface area contributed by atoms with Crippen LogP contribution in [0.2, 0.25) is 5.28 Å². The highest BCUT2D eigenvalue weighted by atomic mass is 35.5. The number of aromatic nitrogens is 3. The molecule has 8 heteroatoms. The fourth-order valence-corrected chi connectivity index (χ4v) is 2.90. The number of hydrogen-bond acceptors (Lipinski definition) is 7. The Labute approximate surface area is 122 Å². The van der Waals surface area contributed by atoms with E-state index < -0.39 is 0 Å². The molecule has 106 valence electrons. The van der Waals surface area contributed by atoms with E-state index in [-0.39, 0.29) is 5.28 Å². The molecule has 0 unspecified atom stereocenters. The maximum atomic E-state index is 5.88. The van der Waals surface area contributed by atoms with Gasteiger partial charge in [-0.3, -0.25) is 4.90 Å². The summed E-state index contributed by atoms with van der Waals surface area (Å²) >= 11 is 7.90. The minimum Gasteiger partial charge on any atom is -0.353 e. The van der Waals surface area contributed by atoms with E-state index in [4.69, 9.17) is 11.6 Å². The molecule has 0 spiro atoms. The van der Waals surface area contributed by atoms with Crippen molar-refractivity contribution in [2.75, 3.05) is 62.0 Å². The van der Waals surface area contributed by atoms with Gasteiger partial charge in [-0.1, -0.05) is 0 Å². The van der Waals surface area contributed by atoms with E-state index in [9.17, 15) is 0 Å². The van der Waals surface area contributed by atoms with Gasteiger partial charge in [0.15, 0.2) is 0 Å². The summed E-state index contributed by atoms with van der Waals surface area (Å²) in [7, 11) is 3.75. The molecule has 0 aromatic carbocycles. The lowest BCUT2D eigenvalue weighted by Gasteiger charge is -2.26. The van der Waals surface area contributed by atoms with Gasteiger partial charge in [-0.15, -0.1) is 0 Å². The molecule has 6 nitrogen and oxygen atoms in total. The molecule has 2 heterocycles. The van der Waals surface area contributed by atoms with Crippen molar-refractivity contribution < 1.29 is 0 Å². The first-order chi connectivity index (χ1) is 9.15. The molecule has 1 aliphatic heterocycles. The predicted molar refractivity (Wildman–Crippen MR) is 81.4 cm³/mol. The van der Waals surface area contributed by atoms with Crippen LogP contribution in [0.1, 0.15) is 0 Å². The van der Waals surface area contributed by atoms with Crippen LogP contribution in [0.5, 0.6) is 0 Å². The Kier molecular flexibility index (Phi) is 5.47. The second-order valence-corrected chi connectivity index (χ2v) is 6.07. The molecule has 1 aliphatic rings. The second kappa shape index (κ2) is 7.12. The summed E-state index contributed by atoms with van der Waals surface area (Å²) in [5, 5.41) is 3.42. The van der Waals surface area contributed by atoms with Gasteiger partial charge in [0.1, 0.15) is 0 Å². The first kappa shape index (κ1) is 14.6. The van der Waals surface area contributed by atoms with Gasteiger partial charge in [0.05, 0.1) is 0 Å². The lowest BCUT2D eigenvalue weighted by molar-refractivity contribution is 0.314. The summed E-state index contributed by atoms with van der Waals surface area (Å²) in [5.41, 5.74) is 0. The fourth-order valence-electron chi connectivity index (χ4n) is 1.77. The molecule has 0 amide bonds. The van der Waals surface area contributed by atoms with Gasteiger partial charge in [-0.25, -0.2) is 0 Å². The summed E-state index contributed by atoms with van der Waals surface area (Å²) in [4.78, 5) is 16.7. The van der Waals surface area contributed by atoms with E-state index in [0.29, 0.717) is 11.9 Å². The number of hydrogen-bond donors (Lipinski definition) is 1. The summed E-state index contributed by atoms with van der Waals surface area (Å²) in [6, 6.07) is 0. The largest absolute Gasteiger partial charge is 0.353 e. The van der Waals surface area contributed by atoms with Gasteiger partial charge < -0.3 is 10.2 Å². The van der Waals surface area contributed by atoms with Gasteiger partial charge in [0.25, 0.3) is 0 Å². The third-order valence-electron chi connectivity index (χ3n) is 2.81. The van der Waals surface area contributed by atoms with Crippen molar-refractivity contribution in [2.45, 2.75) is 0 Å². The molecule has 0 atom stereocenters. The Morgan fingerprint density at radius 1 is 1.26 bits per heavy atom. The zero-order valence-electron chi connectivity index (χ0n) is 11.3. The molecular weight excluding hydrogens is 284 g/mol. The van der Waals surface area contributed by atoms with Crippen molar-refractivity contribution in [1.29, 1.82) is 0 Å². The van der Waals surface area contributed by atoms with E-state index in [0.717, 1.165) is 26.2 Å². The lowest BCUT2D eigenvalue weighted by atomic mass is 10.4. The highest BCUT2D eigenvalue weighted by molar-refractivity contribution is 7.99. The van der Waals surface area contributed by atoms with Gasteiger partial charge in [0, 0.05) is 51.8 Å². The molecule has 0 saturated carbocycles. The minimum atomic E-state index is 0.218. The van der Waals surface area contributed by atoms with Gasteiger partial charge in [0.2, 0.25) is 17.2 Å². The van der Waals surface area contributed by atoms with Crippen molar-refractivity contribution in [1.82, 2.24) is 19.9 Å². The second-order valence-electron chi connectivity index (χ2n) is 4.50. The van der Waals surface area contributed by atoms with Crippen molar-refractivity contribution in [2.24, 2.45) is 0 Å². The number of nitrogens with one attached hydrogen (secondary N) is 1. The predicted octanol–water partition coefficient (Wildman–Crippen LogP) is 1.05. The molecule has 1 aromatic rings. The summed E-state index contributed by atoms with van der Waals surface area (Å²) < 4.78 is 0. The Bertz CT molecular complexity index is 410. The normalized spacial score (nSPS) is 16.4. The Hall–Kier alpha value is -0.790. The average Bonchev–Trinajstić information content (AvgIpc) is 2.39. The summed E-state index contributed by atoms with van der Waals surface area (Å²) in [5.74, 6) is 3.55. The Balaban J connectivity index is 1.84. The van der Waals surface area contributed by atoms with Crippen LogP contribution in [0.3, 0.4) is 0 Å². The maximum absolute atomic E-state index is 5.88. The Morgan fingerprint density at radius 3 is 2.68 bits per heavy atom. The highest BCUT2D eigenvalue weighted by Crippen LogP contribution is 2.12. The molecule has 1 N–H and O–H groups in total. The zero-order chi connectivity index (χ0) is 13.7. The minimum absolute atomic E-state index is 0.218. The monoisotopic (exact) mass is 302 g/mol. The first-order valence-electron chi connectivity index (χ1n) is 6.28. The smallest absolute Gasteiger partial charge is 0.230 e. The van der Waals surface area contributed by atoms with Crippen LogP contribution in [0.4, 0.5) is 11.9 Å². The van der Waals surface area contributed by atoms with E-state index in [1.165, 1.54) is 11.5 Å². The highest BCUT2D eigenvalue weighted by Gasteiger charge is 2.10. The number of anilines is 2. The van der Waals surface area contributed by atoms with Crippen LogP contribution in [-0.4, -0.2) is 71.6 Å². The number of thioether (sulfide) groups is 1. The van der Waals surface area contributed by atoms with Crippen LogP contribution < -0.4 is 10.2 Å². The molecule has 19 heavy (non-hydrogen) atoms. The van der Waals surface area contributed by atoms with Gasteiger partial charge in [-0.2, -0.15) is 26.7 Å². The quantitative estimate of drug-likeness (QED) is 0.872. The molecule has 0 aliphatic carbocycles. The molecule has 0 bridgehead atoms. The van der Waals surface area contributed by atoms with E-state index in [2.05, 4.69) is 25.2 Å². The van der Waals surface area contributed by atoms with Crippen molar-refractivity contribution >= 4 is 35.3 Å². The lowest BCUT2D eigenvalue weighted by Crippen LogP contribution is -2.36. The molecule has 1 saturated heterocycles. The van der Waals surface area contributed by atoms with Crippen LogP contribution in [0.25, 0.3) is 0 Å². The Morgan fingerprint density at radius 2 is 2.00 bits per heavy atom. The molecule has 1 fully saturated rings. The third kappa shape index (κ3) is 4.67. The van der Waals surface area contributed by atoms with Gasteiger partial charge in [-0.05, 0) is 11.6 Å². The summed E-state index contributed by atoms with van der Waals surface area (Å²) in [6.07, 6.45) is 0. The standard InChI is InChI=1S/C11H19ClN6S/c1-17(2)11-15-9(12)14-10(16-11)13-3-4-18-5-7-19-8-6-18/h3-8H2,1-2H3,(H,13,14,15,16). The topological polar surface area (TPSA) is 57.2 Å². The number of nitrogens with zero attached hydrogens (tertiary/aromatic N) is 5. The summed E-state index contributed by atoms with van der Waals surface area (Å²) in [6.45, 7) is 4.14. The van der Waals surface area contributed by atoms with Crippen LogP contribution in [0, 0.1) is 0 Å². The molecule has 1 aromatic heterocycles. The fraction of sp³-hybridized carbons (Fsp3) is 0.727. The van der Waals surface area contributed by atoms with Crippen LogP contribution in [-0.2, 0) is 0 Å². The van der Waals surface area contributed by atoms with E-state index >= 15 is 0 Å². The van der Waals surface area contributed by atoms with Crippen LogP contribution in [0.15, 0.2) is 0 Å². The van der Waals surface area contributed by atoms with E-state index in [1.807, 2.05) is 25.9 Å². The molecule has 0 radical (unpaired) electrons. The van der Waals surface area contributed by atoms with Crippen molar-refractivity contribution in [3.8, 4) is 0 Å². The van der Waals surface area contributed by atoms with Crippen LogP contribution >= 0.6 is 23.4 Å². The molecular formula is C11H19ClN6S. The van der Waals surface area contributed by atoms with Gasteiger partial charge >= 0.3 is 0 Å². The average molecular weight is 303 g/mol. The van der Waals surface area contributed by atoms with Crippen molar-refractivity contribution in [3.05, 3.63) is 5.28 Å².